The van der Waals surface area contributed by atoms with Crippen LogP contribution in [0.15, 0.2) is 58.0 Å². The molecular weight excluding hydrogens is 676 g/mol. The molecule has 6 heterocycles. The van der Waals surface area contributed by atoms with Crippen LogP contribution in [-0.2, 0) is 9.47 Å². The normalized spacial score (nSPS) is 25.1. The second-order valence-electron chi connectivity index (χ2n) is 13.6. The number of aromatic nitrogens is 2. The van der Waals surface area contributed by atoms with Crippen LogP contribution in [0, 0.1) is 6.92 Å². The lowest BCUT2D eigenvalue weighted by atomic mass is 9.85. The minimum Gasteiger partial charge on any atom is -0.444 e. The van der Waals surface area contributed by atoms with Gasteiger partial charge in [0.2, 0.25) is 0 Å². The van der Waals surface area contributed by atoms with Crippen LogP contribution in [0.3, 0.4) is 0 Å². The smallest absolute Gasteiger partial charge is 0.411 e. The van der Waals surface area contributed by atoms with Crippen molar-refractivity contribution < 1.29 is 19.1 Å². The summed E-state index contributed by atoms with van der Waals surface area (Å²) in [6, 6.07) is 5.28. The number of pyridine rings is 2. The molecule has 0 spiro atoms. The molecule has 10 heteroatoms. The number of nitrogens with zero attached hydrogens (tertiary/aromatic N) is 4. The number of halogens is 2. The number of hydrogen-bond donors (Lipinski definition) is 0. The van der Waals surface area contributed by atoms with Gasteiger partial charge in [0.25, 0.3) is 0 Å². The highest BCUT2D eigenvalue weighted by atomic mass is 79.9. The Morgan fingerprint density at radius 2 is 1.30 bits per heavy atom. The van der Waals surface area contributed by atoms with Gasteiger partial charge in [0.15, 0.2) is 0 Å². The molecule has 0 aliphatic carbocycles. The van der Waals surface area contributed by atoms with Crippen LogP contribution >= 0.6 is 31.9 Å². The predicted octanol–water partition coefficient (Wildman–Crippen LogP) is 8.58. The first-order chi connectivity index (χ1) is 20.1. The lowest BCUT2D eigenvalue weighted by Gasteiger charge is -2.28. The van der Waals surface area contributed by atoms with Crippen molar-refractivity contribution >= 4 is 44.0 Å². The second kappa shape index (κ2) is 13.7. The van der Waals surface area contributed by atoms with Crippen molar-refractivity contribution in [1.82, 2.24) is 19.8 Å². The molecule has 0 aromatic carbocycles. The minimum atomic E-state index is -0.439. The Morgan fingerprint density at radius 3 is 1.77 bits per heavy atom. The van der Waals surface area contributed by atoms with E-state index in [1.165, 1.54) is 11.1 Å². The van der Waals surface area contributed by atoms with Crippen LogP contribution in [0.5, 0.6) is 0 Å². The first-order valence-electron chi connectivity index (χ1n) is 15.0. The molecule has 3 fully saturated rings. The third kappa shape index (κ3) is 9.03. The largest absolute Gasteiger partial charge is 0.444 e. The zero-order chi connectivity index (χ0) is 31.5. The first-order valence-corrected chi connectivity index (χ1v) is 16.6. The van der Waals surface area contributed by atoms with Crippen molar-refractivity contribution in [2.75, 3.05) is 0 Å². The van der Waals surface area contributed by atoms with Crippen LogP contribution in [0.2, 0.25) is 0 Å². The number of amides is 2. The summed E-state index contributed by atoms with van der Waals surface area (Å²) in [7, 11) is 0. The van der Waals surface area contributed by atoms with Gasteiger partial charge in [-0.2, -0.15) is 0 Å². The molecule has 2 amide bonds. The Bertz CT molecular complexity index is 1290. The molecule has 8 nitrogen and oxygen atoms in total. The van der Waals surface area contributed by atoms with E-state index in [0.29, 0.717) is 12.0 Å². The van der Waals surface area contributed by atoms with Crippen LogP contribution in [0.25, 0.3) is 0 Å². The summed E-state index contributed by atoms with van der Waals surface area (Å²) in [5.74, 6) is 0.376. The van der Waals surface area contributed by atoms with E-state index in [1.807, 2.05) is 76.7 Å². The van der Waals surface area contributed by atoms with Gasteiger partial charge in [-0.25, -0.2) is 9.59 Å². The number of rotatable bonds is 1. The molecule has 234 valence electrons. The maximum Gasteiger partial charge on any atom is 0.411 e. The second-order valence-corrected chi connectivity index (χ2v) is 15.5. The van der Waals surface area contributed by atoms with E-state index in [0.717, 1.165) is 41.0 Å². The van der Waals surface area contributed by atoms with Crippen molar-refractivity contribution in [2.45, 2.75) is 122 Å². The Morgan fingerprint density at radius 1 is 0.767 bits per heavy atom. The Labute approximate surface area is 272 Å². The third-order valence-corrected chi connectivity index (χ3v) is 8.64. The summed E-state index contributed by atoms with van der Waals surface area (Å²) >= 11 is 6.78. The van der Waals surface area contributed by atoms with E-state index < -0.39 is 5.60 Å². The van der Waals surface area contributed by atoms with E-state index in [2.05, 4.69) is 60.0 Å². The van der Waals surface area contributed by atoms with E-state index in [-0.39, 0.29) is 35.9 Å². The number of ether oxygens (including phenoxy) is 2. The third-order valence-electron chi connectivity index (χ3n) is 7.77. The Kier molecular flexibility index (Phi) is 10.6. The topological polar surface area (TPSA) is 84.9 Å². The highest BCUT2D eigenvalue weighted by Gasteiger charge is 2.50. The van der Waals surface area contributed by atoms with Crippen molar-refractivity contribution in [3.8, 4) is 0 Å². The molecule has 6 rings (SSSR count). The van der Waals surface area contributed by atoms with E-state index in [4.69, 9.17) is 9.47 Å². The molecular formula is C33H44Br2N4O4. The number of carbonyl (C=O) groups is 2. The fourth-order valence-electron chi connectivity index (χ4n) is 6.18. The standard InChI is InChI=1S/C16H21BrN2O2.C11H17NO2.C6H6BrN/c1-16(2,3)21-15(20)19-12-4-5-14(19)13(7-12)10-6-11(17)9-18-8-10;1-11(2,3)14-10(13)12-8-4-5-9(12)7-6-8;1-5-2-6(7)4-8-3-5/h6,8-9,12-14H,4-5,7H2,1-3H3;4-5,8-9H,6-7H2,1-3H3;2-4H,1H3. The summed E-state index contributed by atoms with van der Waals surface area (Å²) in [6.45, 7) is 13.5. The minimum absolute atomic E-state index is 0.166. The van der Waals surface area contributed by atoms with Crippen LogP contribution in [0.4, 0.5) is 9.59 Å². The molecule has 0 saturated carbocycles. The molecule has 2 aromatic rings. The van der Waals surface area contributed by atoms with E-state index in [1.54, 1.807) is 12.4 Å². The summed E-state index contributed by atoms with van der Waals surface area (Å²) < 4.78 is 13.0. The van der Waals surface area contributed by atoms with Gasteiger partial charge < -0.3 is 14.4 Å². The predicted molar refractivity (Wildman–Crippen MR) is 175 cm³/mol. The Hall–Kier alpha value is -2.46. The van der Waals surface area contributed by atoms with Crippen molar-refractivity contribution in [1.29, 1.82) is 0 Å². The molecule has 0 N–H and O–H groups in total. The monoisotopic (exact) mass is 718 g/mol. The van der Waals surface area contributed by atoms with Gasteiger partial charge >= 0.3 is 12.2 Å². The van der Waals surface area contributed by atoms with Crippen molar-refractivity contribution in [3.05, 3.63) is 69.1 Å². The van der Waals surface area contributed by atoms with E-state index >= 15 is 0 Å². The molecule has 0 radical (unpaired) electrons. The summed E-state index contributed by atoms with van der Waals surface area (Å²) in [6.07, 6.45) is 16.5. The molecule has 4 aliphatic rings. The summed E-state index contributed by atoms with van der Waals surface area (Å²) in [4.78, 5) is 36.2. The van der Waals surface area contributed by atoms with Crippen molar-refractivity contribution in [2.24, 2.45) is 0 Å². The summed E-state index contributed by atoms with van der Waals surface area (Å²) in [5, 5.41) is 0. The van der Waals surface area contributed by atoms with E-state index in [9.17, 15) is 9.59 Å². The highest BCUT2D eigenvalue weighted by Crippen LogP contribution is 2.47. The summed E-state index contributed by atoms with van der Waals surface area (Å²) in [5.41, 5.74) is 1.56. The van der Waals surface area contributed by atoms with Gasteiger partial charge in [-0.3, -0.25) is 14.9 Å². The fourth-order valence-corrected chi connectivity index (χ4v) is 7.04. The molecule has 5 atom stereocenters. The molecule has 5 unspecified atom stereocenters. The number of hydrogen-bond acceptors (Lipinski definition) is 6. The van der Waals surface area contributed by atoms with Gasteiger partial charge in [0, 0.05) is 51.7 Å². The molecule has 4 bridgehead atoms. The molecule has 2 aromatic heterocycles. The quantitative estimate of drug-likeness (QED) is 0.275. The lowest BCUT2D eigenvalue weighted by Crippen LogP contribution is -2.40. The molecule has 4 aliphatic heterocycles. The SMILES string of the molecule is CC(C)(C)OC(=O)N1C2C=CC1CC2.CC(C)(C)OC(=O)N1C2CCC1C(c1cncc(Br)c1)C2.Cc1cncc(Br)c1. The first kappa shape index (κ1) is 33.4. The fraction of sp³-hybridized carbons (Fsp3) is 0.576. The van der Waals surface area contributed by atoms with Gasteiger partial charge in [0.05, 0.1) is 12.1 Å². The van der Waals surface area contributed by atoms with Gasteiger partial charge in [-0.05, 0) is 136 Å². The van der Waals surface area contributed by atoms with Crippen LogP contribution < -0.4 is 0 Å². The Balaban J connectivity index is 0.000000165. The lowest BCUT2D eigenvalue weighted by molar-refractivity contribution is 0.0207. The van der Waals surface area contributed by atoms with Crippen LogP contribution in [-0.4, -0.2) is 67.3 Å². The average molecular weight is 721 g/mol. The number of fused-ring (bicyclic) bond motifs is 4. The number of carbonyl (C=O) groups excluding carboxylic acids is 2. The van der Waals surface area contributed by atoms with Crippen molar-refractivity contribution in [3.63, 3.8) is 0 Å². The average Bonchev–Trinajstić information content (AvgIpc) is 3.67. The van der Waals surface area contributed by atoms with Gasteiger partial charge in [0.1, 0.15) is 11.2 Å². The van der Waals surface area contributed by atoms with Gasteiger partial charge in [-0.1, -0.05) is 12.2 Å². The molecule has 3 saturated heterocycles. The zero-order valence-electron chi connectivity index (χ0n) is 26.2. The van der Waals surface area contributed by atoms with Gasteiger partial charge in [-0.15, -0.1) is 0 Å². The maximum absolute atomic E-state index is 12.4. The zero-order valence-corrected chi connectivity index (χ0v) is 29.4. The number of aryl methyl sites for hydroxylation is 1. The molecule has 43 heavy (non-hydrogen) atoms. The van der Waals surface area contributed by atoms with Crippen LogP contribution in [0.1, 0.15) is 90.7 Å². The highest BCUT2D eigenvalue weighted by molar-refractivity contribution is 9.10. The maximum atomic E-state index is 12.4.